The molecule has 0 aromatic heterocycles. The van der Waals surface area contributed by atoms with Crippen LogP contribution in [0.3, 0.4) is 0 Å². The summed E-state index contributed by atoms with van der Waals surface area (Å²) in [5.74, 6) is 5.80. The van der Waals surface area contributed by atoms with Crippen LogP contribution in [0.2, 0.25) is 0 Å². The van der Waals surface area contributed by atoms with Crippen molar-refractivity contribution in [2.45, 2.75) is 13.3 Å². The van der Waals surface area contributed by atoms with Crippen LogP contribution in [0.5, 0.6) is 0 Å². The minimum Gasteiger partial charge on any atom is -0.398 e. The van der Waals surface area contributed by atoms with E-state index in [9.17, 15) is 0 Å². The number of hydrogen-bond acceptors (Lipinski definition) is 2. The third-order valence-electron chi connectivity index (χ3n) is 1.76. The van der Waals surface area contributed by atoms with Crippen molar-refractivity contribution in [3.63, 3.8) is 0 Å². The summed E-state index contributed by atoms with van der Waals surface area (Å²) in [7, 11) is 0. The molecule has 0 atom stereocenters. The summed E-state index contributed by atoms with van der Waals surface area (Å²) in [5, 5.41) is 8.55. The van der Waals surface area contributed by atoms with Crippen molar-refractivity contribution < 1.29 is 5.11 Å². The second-order valence-corrected chi connectivity index (χ2v) is 2.81. The lowest BCUT2D eigenvalue weighted by Crippen LogP contribution is -1.92. The number of benzene rings is 1. The molecule has 2 nitrogen and oxygen atoms in total. The molecule has 0 aliphatic rings. The van der Waals surface area contributed by atoms with E-state index in [-0.39, 0.29) is 6.61 Å². The highest BCUT2D eigenvalue weighted by Gasteiger charge is 1.97. The first kappa shape index (κ1) is 9.63. The Bertz CT molecular complexity index is 327. The van der Waals surface area contributed by atoms with E-state index in [1.165, 1.54) is 0 Å². The van der Waals surface area contributed by atoms with E-state index in [1.807, 2.05) is 25.1 Å². The predicted octanol–water partition coefficient (Wildman–Crippen LogP) is 1.31. The highest BCUT2D eigenvalue weighted by atomic mass is 16.2. The fraction of sp³-hybridized carbons (Fsp3) is 0.273. The summed E-state index contributed by atoms with van der Waals surface area (Å²) in [6.45, 7) is 2.07. The number of nitrogen functional groups attached to an aromatic ring is 1. The highest BCUT2D eigenvalue weighted by molar-refractivity contribution is 5.59. The lowest BCUT2D eigenvalue weighted by Gasteiger charge is -2.00. The largest absolute Gasteiger partial charge is 0.398 e. The van der Waals surface area contributed by atoms with Gasteiger partial charge in [-0.2, -0.15) is 0 Å². The van der Waals surface area contributed by atoms with Gasteiger partial charge in [0.05, 0.1) is 12.2 Å². The van der Waals surface area contributed by atoms with Crippen LogP contribution in [-0.2, 0) is 0 Å². The number of nitrogens with two attached hydrogens (primary N) is 1. The van der Waals surface area contributed by atoms with Crippen LogP contribution < -0.4 is 5.73 Å². The van der Waals surface area contributed by atoms with Gasteiger partial charge in [0, 0.05) is 12.1 Å². The van der Waals surface area contributed by atoms with Gasteiger partial charge in [-0.1, -0.05) is 24.0 Å². The molecule has 0 saturated carbocycles. The van der Waals surface area contributed by atoms with Crippen LogP contribution in [0.4, 0.5) is 5.69 Å². The molecule has 0 aliphatic carbocycles. The van der Waals surface area contributed by atoms with Gasteiger partial charge >= 0.3 is 0 Å². The number of anilines is 1. The Morgan fingerprint density at radius 2 is 2.23 bits per heavy atom. The highest BCUT2D eigenvalue weighted by Crippen LogP contribution is 2.14. The fourth-order valence-electron chi connectivity index (χ4n) is 1.07. The number of hydrogen-bond donors (Lipinski definition) is 2. The number of rotatable bonds is 1. The number of aliphatic hydroxyl groups is 1. The van der Waals surface area contributed by atoms with Crippen LogP contribution in [-0.4, -0.2) is 11.7 Å². The molecule has 0 amide bonds. The van der Waals surface area contributed by atoms with E-state index < -0.39 is 0 Å². The van der Waals surface area contributed by atoms with Gasteiger partial charge in [0.15, 0.2) is 0 Å². The molecule has 1 rings (SSSR count). The molecule has 3 N–H and O–H groups in total. The zero-order valence-corrected chi connectivity index (χ0v) is 7.67. The van der Waals surface area contributed by atoms with Gasteiger partial charge in [0.2, 0.25) is 0 Å². The van der Waals surface area contributed by atoms with Crippen LogP contribution in [0.1, 0.15) is 17.5 Å². The van der Waals surface area contributed by atoms with Crippen molar-refractivity contribution in [2.75, 3.05) is 12.3 Å². The second-order valence-electron chi connectivity index (χ2n) is 2.81. The molecule has 0 saturated heterocycles. The third-order valence-corrected chi connectivity index (χ3v) is 1.76. The first-order valence-corrected chi connectivity index (χ1v) is 4.20. The van der Waals surface area contributed by atoms with Gasteiger partial charge in [-0.05, 0) is 18.6 Å². The maximum atomic E-state index is 8.55. The molecule has 0 fully saturated rings. The topological polar surface area (TPSA) is 46.2 Å². The van der Waals surface area contributed by atoms with Crippen LogP contribution in [0, 0.1) is 18.8 Å². The van der Waals surface area contributed by atoms with Crippen LogP contribution in [0.25, 0.3) is 0 Å². The quantitative estimate of drug-likeness (QED) is 0.499. The van der Waals surface area contributed by atoms with Crippen molar-refractivity contribution in [3.05, 3.63) is 29.3 Å². The van der Waals surface area contributed by atoms with Gasteiger partial charge in [-0.3, -0.25) is 0 Å². The number of aryl methyl sites for hydroxylation is 1. The molecule has 0 spiro atoms. The smallest absolute Gasteiger partial charge is 0.0540 e. The van der Waals surface area contributed by atoms with E-state index in [0.717, 1.165) is 11.1 Å². The van der Waals surface area contributed by atoms with Gasteiger partial charge in [0.25, 0.3) is 0 Å². The Morgan fingerprint density at radius 1 is 1.46 bits per heavy atom. The molecule has 0 radical (unpaired) electrons. The molecule has 0 aliphatic heterocycles. The summed E-state index contributed by atoms with van der Waals surface area (Å²) in [5.41, 5.74) is 8.38. The minimum absolute atomic E-state index is 0.0960. The Balaban J connectivity index is 2.95. The average Bonchev–Trinajstić information content (AvgIpc) is 2.10. The molecular formula is C11H13NO. The molecule has 0 unspecified atom stereocenters. The SMILES string of the molecule is Cc1cccc(N)c1C#CCCO. The summed E-state index contributed by atoms with van der Waals surface area (Å²) in [6.07, 6.45) is 0.494. The van der Waals surface area contributed by atoms with Crippen molar-refractivity contribution in [3.8, 4) is 11.8 Å². The predicted molar refractivity (Wildman–Crippen MR) is 54.2 cm³/mol. The first-order chi connectivity index (χ1) is 6.25. The Hall–Kier alpha value is -1.46. The van der Waals surface area contributed by atoms with E-state index in [0.29, 0.717) is 12.1 Å². The Labute approximate surface area is 78.4 Å². The monoisotopic (exact) mass is 175 g/mol. The molecule has 0 bridgehead atoms. The summed E-state index contributed by atoms with van der Waals surface area (Å²) >= 11 is 0. The van der Waals surface area contributed by atoms with Gasteiger partial charge in [0.1, 0.15) is 0 Å². The van der Waals surface area contributed by atoms with Crippen LogP contribution >= 0.6 is 0 Å². The molecule has 2 heteroatoms. The Kier molecular flexibility index (Phi) is 3.36. The zero-order valence-electron chi connectivity index (χ0n) is 7.67. The maximum absolute atomic E-state index is 8.55. The van der Waals surface area contributed by atoms with E-state index in [2.05, 4.69) is 11.8 Å². The molecular weight excluding hydrogens is 162 g/mol. The van der Waals surface area contributed by atoms with Crippen molar-refractivity contribution >= 4 is 5.69 Å². The van der Waals surface area contributed by atoms with Crippen molar-refractivity contribution in [1.82, 2.24) is 0 Å². The lowest BCUT2D eigenvalue weighted by atomic mass is 10.1. The lowest BCUT2D eigenvalue weighted by molar-refractivity contribution is 0.305. The van der Waals surface area contributed by atoms with Gasteiger partial charge in [-0.15, -0.1) is 0 Å². The van der Waals surface area contributed by atoms with E-state index >= 15 is 0 Å². The normalized spacial score (nSPS) is 9.08. The summed E-state index contributed by atoms with van der Waals surface area (Å²) in [4.78, 5) is 0. The molecule has 1 aromatic rings. The summed E-state index contributed by atoms with van der Waals surface area (Å²) in [6, 6.07) is 5.71. The number of aliphatic hydroxyl groups excluding tert-OH is 1. The van der Waals surface area contributed by atoms with Gasteiger partial charge in [-0.25, -0.2) is 0 Å². The van der Waals surface area contributed by atoms with Crippen LogP contribution in [0.15, 0.2) is 18.2 Å². The zero-order chi connectivity index (χ0) is 9.68. The van der Waals surface area contributed by atoms with Crippen molar-refractivity contribution in [2.24, 2.45) is 0 Å². The Morgan fingerprint density at radius 3 is 2.85 bits per heavy atom. The minimum atomic E-state index is 0.0960. The molecule has 13 heavy (non-hydrogen) atoms. The molecule has 0 heterocycles. The first-order valence-electron chi connectivity index (χ1n) is 4.20. The van der Waals surface area contributed by atoms with Gasteiger partial charge < -0.3 is 10.8 Å². The van der Waals surface area contributed by atoms with E-state index in [1.54, 1.807) is 0 Å². The van der Waals surface area contributed by atoms with Crippen molar-refractivity contribution in [1.29, 1.82) is 0 Å². The van der Waals surface area contributed by atoms with E-state index in [4.69, 9.17) is 10.8 Å². The standard InChI is InChI=1S/C11H13NO/c1-9-5-4-7-11(12)10(9)6-2-3-8-13/h4-5,7,13H,3,8,12H2,1H3. The molecule has 1 aromatic carbocycles. The molecule has 68 valence electrons. The fourth-order valence-corrected chi connectivity index (χ4v) is 1.07. The summed E-state index contributed by atoms with van der Waals surface area (Å²) < 4.78 is 0. The third kappa shape index (κ3) is 2.50. The average molecular weight is 175 g/mol. The maximum Gasteiger partial charge on any atom is 0.0540 e. The second kappa shape index (κ2) is 4.54.